The Kier molecular flexibility index (Phi) is 5.79. The van der Waals surface area contributed by atoms with Gasteiger partial charge in [-0.2, -0.15) is 0 Å². The molecule has 178 valence electrons. The van der Waals surface area contributed by atoms with Crippen molar-refractivity contribution in [2.24, 2.45) is 10.9 Å². The third kappa shape index (κ3) is 4.38. The van der Waals surface area contributed by atoms with Gasteiger partial charge in [-0.1, -0.05) is 35.5 Å². The zero-order valence-electron chi connectivity index (χ0n) is 18.8. The molecule has 4 heterocycles. The van der Waals surface area contributed by atoms with Crippen LogP contribution in [0.4, 0.5) is 5.82 Å². The first-order valence-electron chi connectivity index (χ1n) is 10.8. The van der Waals surface area contributed by atoms with Crippen LogP contribution in [0.1, 0.15) is 22.8 Å². The minimum atomic E-state index is -1.30. The average molecular weight is 491 g/mol. The number of thiazole rings is 1. The van der Waals surface area contributed by atoms with Crippen molar-refractivity contribution in [2.45, 2.75) is 19.1 Å². The maximum Gasteiger partial charge on any atom is 0.341 e. The lowest BCUT2D eigenvalue weighted by Crippen LogP contribution is -2.45. The van der Waals surface area contributed by atoms with Crippen molar-refractivity contribution in [3.8, 4) is 5.13 Å². The molecule has 3 aromatic heterocycles. The molecule has 0 saturated carbocycles. The van der Waals surface area contributed by atoms with Crippen molar-refractivity contribution in [3.63, 3.8) is 0 Å². The molecule has 1 saturated heterocycles. The van der Waals surface area contributed by atoms with Crippen molar-refractivity contribution in [2.75, 3.05) is 18.0 Å². The lowest BCUT2D eigenvalue weighted by atomic mass is 10.0. The standard InChI is InChI=1S/C24H22N6O4S/c1-24(25)14-29(12-18(24)28-34-13-15-5-3-2-4-6-15)19-8-7-16-20(31)17(22(32)33)11-30(21(16)27-19)23-26-9-10-35-23/h2-11H,12-14,25H2,1H3,(H,32,33)/b28-18-. The second kappa shape index (κ2) is 8.93. The SMILES string of the molecule is CC1(N)CN(c2ccc3c(=O)c(C(=O)O)cn(-c4nccs4)c3n2)C/C1=N/OCc1ccccc1. The highest BCUT2D eigenvalue weighted by molar-refractivity contribution is 7.12. The van der Waals surface area contributed by atoms with E-state index in [0.29, 0.717) is 42.0 Å². The Morgan fingerprint density at radius 3 is 2.80 bits per heavy atom. The van der Waals surface area contributed by atoms with Gasteiger partial charge >= 0.3 is 5.97 Å². The van der Waals surface area contributed by atoms with E-state index in [1.54, 1.807) is 23.7 Å². The van der Waals surface area contributed by atoms with Crippen LogP contribution in [-0.4, -0.2) is 50.0 Å². The second-order valence-corrected chi connectivity index (χ2v) is 9.35. The van der Waals surface area contributed by atoms with Crippen LogP contribution in [-0.2, 0) is 11.4 Å². The molecule has 0 bridgehead atoms. The predicted molar refractivity (Wildman–Crippen MR) is 133 cm³/mol. The lowest BCUT2D eigenvalue weighted by Gasteiger charge is -2.20. The molecule has 35 heavy (non-hydrogen) atoms. The molecule has 4 aromatic rings. The van der Waals surface area contributed by atoms with Gasteiger partial charge in [-0.15, -0.1) is 11.3 Å². The number of nitrogens with two attached hydrogens (primary N) is 1. The number of carboxylic acid groups (broad SMARTS) is 1. The van der Waals surface area contributed by atoms with Crippen molar-refractivity contribution in [1.29, 1.82) is 0 Å². The van der Waals surface area contributed by atoms with Gasteiger partial charge in [0.25, 0.3) is 0 Å². The summed E-state index contributed by atoms with van der Waals surface area (Å²) in [7, 11) is 0. The summed E-state index contributed by atoms with van der Waals surface area (Å²) in [5.41, 5.74) is 6.83. The molecule has 0 spiro atoms. The molecule has 1 fully saturated rings. The van der Waals surface area contributed by atoms with Crippen LogP contribution in [0.2, 0.25) is 0 Å². The number of benzene rings is 1. The van der Waals surface area contributed by atoms with E-state index >= 15 is 0 Å². The maximum atomic E-state index is 12.8. The summed E-state index contributed by atoms with van der Waals surface area (Å²) < 4.78 is 1.53. The number of hydrogen-bond donors (Lipinski definition) is 2. The first-order chi connectivity index (χ1) is 16.8. The van der Waals surface area contributed by atoms with Crippen molar-refractivity contribution < 1.29 is 14.7 Å². The molecule has 1 unspecified atom stereocenters. The first kappa shape index (κ1) is 22.7. The number of rotatable bonds is 6. The number of anilines is 1. The summed E-state index contributed by atoms with van der Waals surface area (Å²) in [4.78, 5) is 40.9. The highest BCUT2D eigenvalue weighted by Crippen LogP contribution is 2.26. The fourth-order valence-corrected chi connectivity index (χ4v) is 4.58. The van der Waals surface area contributed by atoms with E-state index in [-0.39, 0.29) is 10.9 Å². The van der Waals surface area contributed by atoms with E-state index in [0.717, 1.165) is 5.56 Å². The molecule has 1 aromatic carbocycles. The Labute approximate surface area is 203 Å². The van der Waals surface area contributed by atoms with Gasteiger partial charge in [0, 0.05) is 24.3 Å². The largest absolute Gasteiger partial charge is 0.477 e. The molecule has 0 aliphatic carbocycles. The number of fused-ring (bicyclic) bond motifs is 1. The zero-order chi connectivity index (χ0) is 24.6. The van der Waals surface area contributed by atoms with Crippen LogP contribution < -0.4 is 16.1 Å². The Hall–Kier alpha value is -4.09. The Bertz CT molecular complexity index is 1480. The first-order valence-corrected chi connectivity index (χ1v) is 11.7. The Morgan fingerprint density at radius 1 is 1.29 bits per heavy atom. The summed E-state index contributed by atoms with van der Waals surface area (Å²) in [5.74, 6) is -0.726. The highest BCUT2D eigenvalue weighted by Gasteiger charge is 2.38. The summed E-state index contributed by atoms with van der Waals surface area (Å²) in [6, 6.07) is 13.0. The number of aromatic nitrogens is 3. The molecular formula is C24H22N6O4S. The number of aromatic carboxylic acids is 1. The molecule has 0 amide bonds. The fraction of sp³-hybridized carbons (Fsp3) is 0.208. The minimum Gasteiger partial charge on any atom is -0.477 e. The van der Waals surface area contributed by atoms with Crippen molar-refractivity contribution in [3.05, 3.63) is 81.6 Å². The van der Waals surface area contributed by atoms with Gasteiger partial charge in [0.15, 0.2) is 10.8 Å². The minimum absolute atomic E-state index is 0.193. The van der Waals surface area contributed by atoms with Crippen LogP contribution in [0.5, 0.6) is 0 Å². The summed E-state index contributed by atoms with van der Waals surface area (Å²) in [6.07, 6.45) is 2.87. The third-order valence-corrected chi connectivity index (χ3v) is 6.55. The number of hydrogen-bond acceptors (Lipinski definition) is 9. The van der Waals surface area contributed by atoms with E-state index in [1.165, 1.54) is 22.1 Å². The van der Waals surface area contributed by atoms with Crippen LogP contribution in [0.3, 0.4) is 0 Å². The van der Waals surface area contributed by atoms with Gasteiger partial charge in [-0.05, 0) is 24.6 Å². The van der Waals surface area contributed by atoms with Gasteiger partial charge in [0.2, 0.25) is 5.43 Å². The molecule has 10 nitrogen and oxygen atoms in total. The third-order valence-electron chi connectivity index (χ3n) is 5.78. The Morgan fingerprint density at radius 2 is 2.09 bits per heavy atom. The normalized spacial score (nSPS) is 18.9. The zero-order valence-corrected chi connectivity index (χ0v) is 19.6. The van der Waals surface area contributed by atoms with E-state index in [4.69, 9.17) is 15.6 Å². The van der Waals surface area contributed by atoms with E-state index < -0.39 is 16.9 Å². The number of carbonyl (C=O) groups is 1. The van der Waals surface area contributed by atoms with Crippen LogP contribution in [0.25, 0.3) is 16.2 Å². The molecule has 1 atom stereocenters. The topological polar surface area (TPSA) is 136 Å². The number of oxime groups is 1. The summed E-state index contributed by atoms with van der Waals surface area (Å²) >= 11 is 1.31. The molecule has 11 heteroatoms. The molecular weight excluding hydrogens is 468 g/mol. The van der Waals surface area contributed by atoms with Gasteiger partial charge in [0.05, 0.1) is 23.2 Å². The predicted octanol–water partition coefficient (Wildman–Crippen LogP) is 2.65. The average Bonchev–Trinajstić information content (AvgIpc) is 3.47. The van der Waals surface area contributed by atoms with E-state index in [2.05, 4.69) is 10.1 Å². The van der Waals surface area contributed by atoms with Gasteiger partial charge in [-0.25, -0.2) is 14.8 Å². The number of carboxylic acids is 1. The van der Waals surface area contributed by atoms with Gasteiger partial charge < -0.3 is 20.6 Å². The van der Waals surface area contributed by atoms with E-state index in [9.17, 15) is 14.7 Å². The second-order valence-electron chi connectivity index (χ2n) is 8.47. The lowest BCUT2D eigenvalue weighted by molar-refractivity contribution is 0.0695. The smallest absolute Gasteiger partial charge is 0.341 e. The van der Waals surface area contributed by atoms with Crippen LogP contribution in [0.15, 0.2) is 70.2 Å². The highest BCUT2D eigenvalue weighted by atomic mass is 32.1. The molecule has 3 N–H and O–H groups in total. The monoisotopic (exact) mass is 490 g/mol. The molecule has 5 rings (SSSR count). The van der Waals surface area contributed by atoms with Crippen molar-refractivity contribution >= 4 is 39.9 Å². The van der Waals surface area contributed by atoms with Gasteiger partial charge in [0.1, 0.15) is 18.0 Å². The summed E-state index contributed by atoms with van der Waals surface area (Å²) in [6.45, 7) is 3.05. The summed E-state index contributed by atoms with van der Waals surface area (Å²) in [5, 5.41) is 16.3. The fourth-order valence-electron chi connectivity index (χ4n) is 3.96. The molecule has 0 radical (unpaired) electrons. The Balaban J connectivity index is 1.49. The molecule has 1 aliphatic rings. The van der Waals surface area contributed by atoms with Crippen molar-refractivity contribution in [1.82, 2.24) is 14.5 Å². The number of nitrogens with zero attached hydrogens (tertiary/aromatic N) is 5. The molecule has 1 aliphatic heterocycles. The number of pyridine rings is 2. The quantitative estimate of drug-likeness (QED) is 0.394. The van der Waals surface area contributed by atoms with Crippen LogP contribution in [0, 0.1) is 0 Å². The maximum absolute atomic E-state index is 12.8. The van der Waals surface area contributed by atoms with Crippen LogP contribution >= 0.6 is 11.3 Å². The van der Waals surface area contributed by atoms with Gasteiger partial charge in [-0.3, -0.25) is 9.36 Å². The van der Waals surface area contributed by atoms with E-state index in [1.807, 2.05) is 42.2 Å².